The van der Waals surface area contributed by atoms with Gasteiger partial charge >= 0.3 is 30.0 Å². The standard InChI is InChI=1S/C24H21F3N4O3.C14H9F3O2.C10H14N4O2.ClH/c1-16-15-29(12-13-30(16)21-10-11-22(28-14-21)31(33)34)23(32)19-4-2-17(3-5-19)18-6-8-20(9-7-18)24(25,26)27;15-14(16,17)12-7-5-10(6-8-12)9-1-3-11(4-2-9)13(18)19;1-8-6-11-4-5-13(8)9-2-3-10(12-7-9)14(15)16;/h2-11,14,16H,12-13,15H2,1H3;1-8H,(H,18,19);2-3,7-8,11H,4-6H2,1H3;1H/t16-;;8-;/m1.1./s1. The van der Waals surface area contributed by atoms with Crippen LogP contribution in [-0.4, -0.2) is 93.0 Å². The molecule has 0 spiro atoms. The number of amides is 1. The number of piperazine rings is 2. The van der Waals surface area contributed by atoms with E-state index in [1.54, 1.807) is 59.6 Å². The number of rotatable bonds is 8. The van der Waals surface area contributed by atoms with Gasteiger partial charge in [-0.1, -0.05) is 48.5 Å². The van der Waals surface area contributed by atoms with Crippen molar-refractivity contribution in [1.82, 2.24) is 20.2 Å². The van der Waals surface area contributed by atoms with E-state index in [0.717, 1.165) is 55.3 Å². The number of nitro groups is 2. The maximum atomic E-state index is 13.0. The molecule has 368 valence electrons. The number of nitrogens with zero attached hydrogens (tertiary/aromatic N) is 7. The Hall–Kier alpha value is -7.65. The van der Waals surface area contributed by atoms with E-state index in [2.05, 4.69) is 27.1 Å². The van der Waals surface area contributed by atoms with Gasteiger partial charge in [-0.2, -0.15) is 26.3 Å². The number of carboxylic acids is 1. The van der Waals surface area contributed by atoms with E-state index in [1.807, 2.05) is 11.8 Å². The van der Waals surface area contributed by atoms with Gasteiger partial charge in [0.15, 0.2) is 12.4 Å². The van der Waals surface area contributed by atoms with Crippen LogP contribution in [0.1, 0.15) is 45.7 Å². The van der Waals surface area contributed by atoms with Crippen molar-refractivity contribution < 1.29 is 50.9 Å². The van der Waals surface area contributed by atoms with Gasteiger partial charge in [0.25, 0.3) is 5.91 Å². The Balaban J connectivity index is 0.000000214. The van der Waals surface area contributed by atoms with Crippen LogP contribution in [0.4, 0.5) is 49.4 Å². The highest BCUT2D eigenvalue weighted by molar-refractivity contribution is 5.95. The molecule has 1 amide bonds. The van der Waals surface area contributed by atoms with Gasteiger partial charge in [-0.25, -0.2) is 4.79 Å². The summed E-state index contributed by atoms with van der Waals surface area (Å²) in [6.07, 6.45) is -5.71. The fraction of sp³-hybridized carbons (Fsp3) is 0.250. The molecule has 0 bridgehead atoms. The van der Waals surface area contributed by atoms with Crippen molar-refractivity contribution in [3.8, 4) is 22.3 Å². The molecule has 8 rings (SSSR count). The minimum Gasteiger partial charge on any atom is -0.478 e. The molecule has 0 radical (unpaired) electrons. The van der Waals surface area contributed by atoms with Gasteiger partial charge in [-0.15, -0.1) is 12.4 Å². The minimum absolute atomic E-state index is 0. The van der Waals surface area contributed by atoms with Crippen molar-refractivity contribution in [3.63, 3.8) is 0 Å². The molecule has 2 fully saturated rings. The molecule has 22 heteroatoms. The summed E-state index contributed by atoms with van der Waals surface area (Å²) in [5.74, 6) is -1.50. The number of benzene rings is 4. The molecule has 2 atom stereocenters. The van der Waals surface area contributed by atoms with E-state index in [1.165, 1.54) is 54.7 Å². The van der Waals surface area contributed by atoms with Crippen molar-refractivity contribution in [2.45, 2.75) is 38.3 Å². The lowest BCUT2D eigenvalue weighted by Crippen LogP contribution is -2.53. The van der Waals surface area contributed by atoms with Crippen LogP contribution >= 0.6 is 12.4 Å². The topological polar surface area (TPSA) is 188 Å². The summed E-state index contributed by atoms with van der Waals surface area (Å²) in [6, 6.07) is 28.9. The lowest BCUT2D eigenvalue weighted by Gasteiger charge is -2.40. The SMILES string of the molecule is C[C@@H]1CN(C(=O)c2ccc(-c3ccc(C(F)(F)F)cc3)cc2)CCN1c1ccc([N+](=O)[O-])nc1.C[C@@H]1CNCCN1c1ccc([N+](=O)[O-])nc1.Cl.O=C(O)c1ccc(-c2ccc(C(F)(F)F)cc2)cc1. The van der Waals surface area contributed by atoms with Crippen LogP contribution in [0.5, 0.6) is 0 Å². The largest absolute Gasteiger partial charge is 0.478 e. The highest BCUT2D eigenvalue weighted by atomic mass is 35.5. The first-order valence-corrected chi connectivity index (χ1v) is 21.2. The number of nitrogens with one attached hydrogen (secondary N) is 1. The first-order valence-electron chi connectivity index (χ1n) is 21.2. The number of alkyl halides is 6. The van der Waals surface area contributed by atoms with E-state index >= 15 is 0 Å². The zero-order chi connectivity index (χ0) is 50.0. The Morgan fingerprint density at radius 2 is 1.00 bits per heavy atom. The molecule has 0 unspecified atom stereocenters. The van der Waals surface area contributed by atoms with Crippen LogP contribution in [-0.2, 0) is 12.4 Å². The van der Waals surface area contributed by atoms with Crippen LogP contribution in [0.3, 0.4) is 0 Å². The number of halogens is 7. The number of pyridine rings is 2. The third kappa shape index (κ3) is 13.7. The van der Waals surface area contributed by atoms with E-state index in [-0.39, 0.29) is 41.6 Å². The van der Waals surface area contributed by atoms with Crippen molar-refractivity contribution >= 4 is 47.3 Å². The summed E-state index contributed by atoms with van der Waals surface area (Å²) < 4.78 is 75.5. The Morgan fingerprint density at radius 1 is 0.600 bits per heavy atom. The Kier molecular flexibility index (Phi) is 17.6. The van der Waals surface area contributed by atoms with Crippen LogP contribution in [0, 0.1) is 20.2 Å². The van der Waals surface area contributed by atoms with E-state index in [9.17, 15) is 56.2 Å². The van der Waals surface area contributed by atoms with Crippen molar-refractivity contribution in [3.05, 3.63) is 176 Å². The average molecular weight is 995 g/mol. The zero-order valence-corrected chi connectivity index (χ0v) is 38.1. The molecule has 4 heterocycles. The molecule has 2 aromatic heterocycles. The maximum Gasteiger partial charge on any atom is 0.416 e. The number of carbonyl (C=O) groups excluding carboxylic acids is 1. The van der Waals surface area contributed by atoms with Crippen molar-refractivity contribution in [2.75, 3.05) is 49.1 Å². The molecule has 0 saturated carbocycles. The molecule has 2 aliphatic rings. The third-order valence-electron chi connectivity index (χ3n) is 11.3. The first kappa shape index (κ1) is 53.3. The van der Waals surface area contributed by atoms with E-state index < -0.39 is 39.3 Å². The fourth-order valence-corrected chi connectivity index (χ4v) is 7.56. The number of hydrogen-bond acceptors (Lipinski definition) is 11. The summed E-state index contributed by atoms with van der Waals surface area (Å²) in [4.78, 5) is 57.6. The summed E-state index contributed by atoms with van der Waals surface area (Å²) in [7, 11) is 0. The summed E-state index contributed by atoms with van der Waals surface area (Å²) >= 11 is 0. The molecule has 0 aliphatic carbocycles. The van der Waals surface area contributed by atoms with E-state index in [4.69, 9.17) is 5.11 Å². The predicted octanol–water partition coefficient (Wildman–Crippen LogP) is 10.3. The molecule has 70 heavy (non-hydrogen) atoms. The van der Waals surface area contributed by atoms with Gasteiger partial charge in [0.2, 0.25) is 0 Å². The Morgan fingerprint density at radius 3 is 1.34 bits per heavy atom. The fourth-order valence-electron chi connectivity index (χ4n) is 7.56. The number of anilines is 2. The molecular formula is C48H45ClF6N8O7. The maximum absolute atomic E-state index is 13.0. The lowest BCUT2D eigenvalue weighted by molar-refractivity contribution is -0.389. The van der Waals surface area contributed by atoms with Crippen LogP contribution < -0.4 is 15.1 Å². The average Bonchev–Trinajstić information content (AvgIpc) is 3.34. The Labute approximate surface area is 403 Å². The summed E-state index contributed by atoms with van der Waals surface area (Å²) in [5.41, 5.74) is 3.53. The lowest BCUT2D eigenvalue weighted by atomic mass is 10.0. The van der Waals surface area contributed by atoms with Crippen molar-refractivity contribution in [1.29, 1.82) is 0 Å². The smallest absolute Gasteiger partial charge is 0.416 e. The molecule has 2 saturated heterocycles. The Bertz CT molecular complexity index is 2720. The van der Waals surface area contributed by atoms with E-state index in [0.29, 0.717) is 53.5 Å². The van der Waals surface area contributed by atoms with Crippen LogP contribution in [0.2, 0.25) is 0 Å². The molecule has 15 nitrogen and oxygen atoms in total. The van der Waals surface area contributed by atoms with Gasteiger partial charge in [0, 0.05) is 69.0 Å². The second-order valence-corrected chi connectivity index (χ2v) is 15.9. The number of hydrogen-bond donors (Lipinski definition) is 2. The molecule has 4 aromatic carbocycles. The predicted molar refractivity (Wildman–Crippen MR) is 252 cm³/mol. The highest BCUT2D eigenvalue weighted by Crippen LogP contribution is 2.33. The molecular weight excluding hydrogens is 950 g/mol. The number of carboxylic acid groups (broad SMARTS) is 1. The highest BCUT2D eigenvalue weighted by Gasteiger charge is 2.32. The monoisotopic (exact) mass is 994 g/mol. The van der Waals surface area contributed by atoms with Crippen molar-refractivity contribution in [2.24, 2.45) is 0 Å². The minimum atomic E-state index is -4.38. The number of aromatic carboxylic acids is 1. The molecule has 6 aromatic rings. The van der Waals surface area contributed by atoms with Crippen LogP contribution in [0.25, 0.3) is 22.3 Å². The zero-order valence-electron chi connectivity index (χ0n) is 37.3. The number of aromatic nitrogens is 2. The molecule has 2 aliphatic heterocycles. The second-order valence-electron chi connectivity index (χ2n) is 15.9. The van der Waals surface area contributed by atoms with Gasteiger partial charge < -0.3 is 45.4 Å². The van der Waals surface area contributed by atoms with Gasteiger partial charge in [-0.3, -0.25) is 4.79 Å². The first-order chi connectivity index (χ1) is 32.7. The van der Waals surface area contributed by atoms with Gasteiger partial charge in [0.1, 0.15) is 0 Å². The number of carbonyl (C=O) groups is 2. The van der Waals surface area contributed by atoms with Crippen LogP contribution in [0.15, 0.2) is 134 Å². The second kappa shape index (κ2) is 23.1. The summed E-state index contributed by atoms with van der Waals surface area (Å²) in [5, 5.41) is 33.3. The molecule has 2 N–H and O–H groups in total. The van der Waals surface area contributed by atoms with Gasteiger partial charge in [-0.05, 0) is 117 Å². The van der Waals surface area contributed by atoms with Gasteiger partial charge in [0.05, 0.1) is 28.1 Å². The normalized spacial score (nSPS) is 15.8. The quantitative estimate of drug-likeness (QED) is 0.0836. The third-order valence-corrected chi connectivity index (χ3v) is 11.3. The summed E-state index contributed by atoms with van der Waals surface area (Å²) in [6.45, 7) is 8.34.